The highest BCUT2D eigenvalue weighted by Gasteiger charge is 2.25. The zero-order chi connectivity index (χ0) is 13.3. The highest BCUT2D eigenvalue weighted by molar-refractivity contribution is 5.97. The van der Waals surface area contributed by atoms with Crippen LogP contribution < -0.4 is 16.6 Å². The standard InChI is InChI=1S/C9H13N5O4/c10-9-13-7-5(8(18)14-9)12-3(1-11-7)6(17)4(16)2-15/h4,6,15-17H,1-2H2,(H4,10,11,13,14,18)/t4-,6+/m1/s1. The molecule has 0 amide bonds. The summed E-state index contributed by atoms with van der Waals surface area (Å²) in [6.45, 7) is -0.509. The highest BCUT2D eigenvalue weighted by Crippen LogP contribution is 2.22. The van der Waals surface area contributed by atoms with Gasteiger partial charge < -0.3 is 26.4 Å². The molecule has 0 radical (unpaired) electrons. The fourth-order valence-corrected chi connectivity index (χ4v) is 1.56. The van der Waals surface area contributed by atoms with Crippen molar-refractivity contribution in [1.82, 2.24) is 9.97 Å². The van der Waals surface area contributed by atoms with Crippen molar-refractivity contribution >= 4 is 23.2 Å². The first-order valence-electron chi connectivity index (χ1n) is 5.21. The van der Waals surface area contributed by atoms with E-state index in [0.717, 1.165) is 0 Å². The van der Waals surface area contributed by atoms with Gasteiger partial charge >= 0.3 is 0 Å². The molecule has 2 rings (SSSR count). The second-order valence-corrected chi connectivity index (χ2v) is 3.80. The number of rotatable bonds is 3. The largest absolute Gasteiger partial charge is 0.394 e. The van der Waals surface area contributed by atoms with Gasteiger partial charge in [0.05, 0.1) is 18.9 Å². The van der Waals surface area contributed by atoms with Gasteiger partial charge in [-0.2, -0.15) is 4.98 Å². The number of hydrogen-bond donors (Lipinski definition) is 6. The lowest BCUT2D eigenvalue weighted by Crippen LogP contribution is -2.41. The molecule has 2 heterocycles. The Balaban J connectivity index is 2.39. The number of aliphatic hydroxyl groups excluding tert-OH is 3. The molecule has 0 fully saturated rings. The van der Waals surface area contributed by atoms with Gasteiger partial charge in [-0.25, -0.2) is 4.99 Å². The number of nitrogens with one attached hydrogen (secondary N) is 2. The molecule has 1 aliphatic heterocycles. The van der Waals surface area contributed by atoms with E-state index in [1.165, 1.54) is 0 Å². The van der Waals surface area contributed by atoms with Gasteiger partial charge in [-0.1, -0.05) is 0 Å². The second-order valence-electron chi connectivity index (χ2n) is 3.80. The van der Waals surface area contributed by atoms with Crippen LogP contribution in [0.25, 0.3) is 0 Å². The number of hydrogen-bond acceptors (Lipinski definition) is 8. The van der Waals surface area contributed by atoms with Crippen LogP contribution in [0.2, 0.25) is 0 Å². The third kappa shape index (κ3) is 2.18. The minimum atomic E-state index is -1.35. The number of aromatic amines is 1. The molecule has 0 saturated heterocycles. The zero-order valence-electron chi connectivity index (χ0n) is 9.29. The molecular weight excluding hydrogens is 242 g/mol. The Hall–Kier alpha value is -1.97. The first-order chi connectivity index (χ1) is 8.52. The van der Waals surface area contributed by atoms with E-state index in [1.807, 2.05) is 0 Å². The number of nitrogen functional groups attached to an aromatic ring is 1. The van der Waals surface area contributed by atoms with Crippen LogP contribution in [-0.2, 0) is 0 Å². The number of aliphatic imine (C=N–C) groups is 1. The lowest BCUT2D eigenvalue weighted by molar-refractivity contribution is 0.0180. The minimum absolute atomic E-state index is 0.0189. The number of aliphatic hydroxyl groups is 3. The quantitative estimate of drug-likeness (QED) is 0.350. The van der Waals surface area contributed by atoms with E-state index in [2.05, 4.69) is 20.3 Å². The van der Waals surface area contributed by atoms with E-state index < -0.39 is 24.4 Å². The number of H-pyrrole nitrogens is 1. The number of nitrogens with zero attached hydrogens (tertiary/aromatic N) is 2. The summed E-state index contributed by atoms with van der Waals surface area (Å²) in [4.78, 5) is 21.6. The average molecular weight is 255 g/mol. The third-order valence-corrected chi connectivity index (χ3v) is 2.50. The molecule has 0 unspecified atom stereocenters. The van der Waals surface area contributed by atoms with Crippen molar-refractivity contribution in [3.05, 3.63) is 10.4 Å². The van der Waals surface area contributed by atoms with E-state index in [-0.39, 0.29) is 29.7 Å². The lowest BCUT2D eigenvalue weighted by atomic mass is 10.1. The Kier molecular flexibility index (Phi) is 3.28. The first-order valence-corrected chi connectivity index (χ1v) is 5.21. The van der Waals surface area contributed by atoms with Gasteiger partial charge in [0.1, 0.15) is 12.2 Å². The highest BCUT2D eigenvalue weighted by atomic mass is 16.4. The Morgan fingerprint density at radius 1 is 1.44 bits per heavy atom. The van der Waals surface area contributed by atoms with Crippen molar-refractivity contribution in [3.8, 4) is 0 Å². The molecule has 0 bridgehead atoms. The summed E-state index contributed by atoms with van der Waals surface area (Å²) >= 11 is 0. The van der Waals surface area contributed by atoms with E-state index in [1.54, 1.807) is 0 Å². The second kappa shape index (κ2) is 4.72. The Morgan fingerprint density at radius 2 is 2.17 bits per heavy atom. The van der Waals surface area contributed by atoms with Crippen LogP contribution in [0.15, 0.2) is 9.79 Å². The molecule has 0 spiro atoms. The summed E-state index contributed by atoms with van der Waals surface area (Å²) in [5, 5.41) is 30.5. The third-order valence-electron chi connectivity index (χ3n) is 2.50. The maximum atomic E-state index is 11.6. The molecule has 18 heavy (non-hydrogen) atoms. The summed E-state index contributed by atoms with van der Waals surface area (Å²) in [5.74, 6) is 0.173. The van der Waals surface area contributed by atoms with Crippen molar-refractivity contribution in [2.45, 2.75) is 12.2 Å². The molecule has 7 N–H and O–H groups in total. The van der Waals surface area contributed by atoms with E-state index in [0.29, 0.717) is 0 Å². The Bertz CT molecular complexity index is 540. The molecule has 2 atom stereocenters. The van der Waals surface area contributed by atoms with Crippen molar-refractivity contribution in [2.75, 3.05) is 24.2 Å². The fourth-order valence-electron chi connectivity index (χ4n) is 1.56. The molecule has 0 aromatic carbocycles. The first kappa shape index (κ1) is 12.5. The van der Waals surface area contributed by atoms with E-state index >= 15 is 0 Å². The SMILES string of the molecule is Nc1nc2c(c(=O)[nH]1)N=C([C@H](O)[C@H](O)CO)CN2. The average Bonchev–Trinajstić information content (AvgIpc) is 2.36. The van der Waals surface area contributed by atoms with Gasteiger partial charge in [-0.3, -0.25) is 9.78 Å². The lowest BCUT2D eigenvalue weighted by Gasteiger charge is -2.22. The van der Waals surface area contributed by atoms with Crippen molar-refractivity contribution < 1.29 is 15.3 Å². The van der Waals surface area contributed by atoms with Gasteiger partial charge in [-0.05, 0) is 0 Å². The molecule has 9 heteroatoms. The number of anilines is 2. The minimum Gasteiger partial charge on any atom is -0.394 e. The summed E-state index contributed by atoms with van der Waals surface area (Å²) in [7, 11) is 0. The molecule has 1 aliphatic rings. The topological polar surface area (TPSA) is 157 Å². The van der Waals surface area contributed by atoms with Gasteiger partial charge in [0, 0.05) is 0 Å². The molecule has 9 nitrogen and oxygen atoms in total. The van der Waals surface area contributed by atoms with Gasteiger partial charge in [0.15, 0.2) is 11.5 Å². The summed E-state index contributed by atoms with van der Waals surface area (Å²) in [6, 6.07) is 0. The van der Waals surface area contributed by atoms with Crippen LogP contribution >= 0.6 is 0 Å². The van der Waals surface area contributed by atoms with Crippen molar-refractivity contribution in [1.29, 1.82) is 0 Å². The van der Waals surface area contributed by atoms with E-state index in [9.17, 15) is 15.0 Å². The predicted octanol–water partition coefficient (Wildman–Crippen LogP) is -2.44. The number of nitrogens with two attached hydrogens (primary N) is 1. The molecule has 1 aromatic rings. The van der Waals surface area contributed by atoms with Crippen LogP contribution in [0.4, 0.5) is 17.5 Å². The smallest absolute Gasteiger partial charge is 0.280 e. The molecule has 1 aromatic heterocycles. The van der Waals surface area contributed by atoms with Crippen LogP contribution in [0.3, 0.4) is 0 Å². The van der Waals surface area contributed by atoms with Crippen LogP contribution in [0, 0.1) is 0 Å². The molecule has 0 saturated carbocycles. The number of aromatic nitrogens is 2. The van der Waals surface area contributed by atoms with Gasteiger partial charge in [0.25, 0.3) is 5.56 Å². The van der Waals surface area contributed by atoms with Crippen molar-refractivity contribution in [2.24, 2.45) is 4.99 Å². The van der Waals surface area contributed by atoms with E-state index in [4.69, 9.17) is 10.8 Å². The summed E-state index contributed by atoms with van der Waals surface area (Å²) < 4.78 is 0. The fraction of sp³-hybridized carbons (Fsp3) is 0.444. The maximum Gasteiger partial charge on any atom is 0.280 e. The summed E-state index contributed by atoms with van der Waals surface area (Å²) in [5.41, 5.74) is 4.94. The zero-order valence-corrected chi connectivity index (χ0v) is 9.29. The molecular formula is C9H13N5O4. The van der Waals surface area contributed by atoms with Crippen molar-refractivity contribution in [3.63, 3.8) is 0 Å². The van der Waals surface area contributed by atoms with Gasteiger partial charge in [0.2, 0.25) is 5.95 Å². The molecule has 0 aliphatic carbocycles. The Labute approximate surface area is 101 Å². The molecule has 98 valence electrons. The number of fused-ring (bicyclic) bond motifs is 1. The summed E-state index contributed by atoms with van der Waals surface area (Å²) in [6.07, 6.45) is -2.71. The van der Waals surface area contributed by atoms with Crippen LogP contribution in [0.1, 0.15) is 0 Å². The monoisotopic (exact) mass is 255 g/mol. The normalized spacial score (nSPS) is 17.4. The predicted molar refractivity (Wildman–Crippen MR) is 64.0 cm³/mol. The van der Waals surface area contributed by atoms with Gasteiger partial charge in [-0.15, -0.1) is 0 Å². The van der Waals surface area contributed by atoms with Crippen LogP contribution in [-0.4, -0.2) is 56.4 Å². The van der Waals surface area contributed by atoms with Crippen LogP contribution in [0.5, 0.6) is 0 Å². The maximum absolute atomic E-state index is 11.6. The Morgan fingerprint density at radius 3 is 2.83 bits per heavy atom.